The molecule has 4 rings (SSSR count). The van der Waals surface area contributed by atoms with Crippen LogP contribution in [0.3, 0.4) is 0 Å². The van der Waals surface area contributed by atoms with Crippen molar-refractivity contribution in [3.63, 3.8) is 0 Å². The van der Waals surface area contributed by atoms with Crippen LogP contribution >= 0.6 is 0 Å². The van der Waals surface area contributed by atoms with E-state index in [2.05, 4.69) is 46.4 Å². The van der Waals surface area contributed by atoms with E-state index in [1.165, 1.54) is 0 Å². The van der Waals surface area contributed by atoms with Crippen LogP contribution in [-0.2, 0) is 16.1 Å². The number of amides is 2. The predicted molar refractivity (Wildman–Crippen MR) is 160 cm³/mol. The van der Waals surface area contributed by atoms with Crippen molar-refractivity contribution < 1.29 is 19.1 Å². The summed E-state index contributed by atoms with van der Waals surface area (Å²) in [6, 6.07) is 19.4. The number of rotatable bonds is 7. The summed E-state index contributed by atoms with van der Waals surface area (Å²) < 4.78 is 12.0. The molecule has 1 aliphatic rings. The summed E-state index contributed by atoms with van der Waals surface area (Å²) in [6.45, 7) is 5.91. The SMILES string of the molecule is CCCC(=O)Nc1ccc2c(c1)C(=O)N(C)C[C@H](OC)[C@@H](C)CN(Cc1ccc(-c3ccccn3)cc1)[C@@H](N)CO2. The third-order valence-electron chi connectivity index (χ3n) is 7.41. The Morgan fingerprint density at radius 3 is 2.61 bits per heavy atom. The number of nitrogens with two attached hydrogens (primary N) is 1. The number of carbonyl (C=O) groups is 2. The minimum atomic E-state index is -0.436. The van der Waals surface area contributed by atoms with Crippen LogP contribution in [0, 0.1) is 5.92 Å². The number of pyridine rings is 1. The fourth-order valence-electron chi connectivity index (χ4n) is 5.03. The average molecular weight is 560 g/mol. The highest BCUT2D eigenvalue weighted by Gasteiger charge is 2.29. The fourth-order valence-corrected chi connectivity index (χ4v) is 5.03. The number of ether oxygens (including phenoxy) is 2. The largest absolute Gasteiger partial charge is 0.490 e. The molecule has 0 saturated heterocycles. The molecule has 218 valence electrons. The molecule has 2 aromatic carbocycles. The zero-order chi connectivity index (χ0) is 29.4. The first-order valence-corrected chi connectivity index (χ1v) is 14.1. The van der Waals surface area contributed by atoms with Gasteiger partial charge in [0, 0.05) is 57.7 Å². The number of methoxy groups -OCH3 is 1. The van der Waals surface area contributed by atoms with E-state index in [-0.39, 0.29) is 30.4 Å². The lowest BCUT2D eigenvalue weighted by atomic mass is 10.0. The summed E-state index contributed by atoms with van der Waals surface area (Å²) in [4.78, 5) is 34.0. The highest BCUT2D eigenvalue weighted by atomic mass is 16.5. The summed E-state index contributed by atoms with van der Waals surface area (Å²) in [5.74, 6) is 0.196. The molecule has 9 heteroatoms. The molecule has 2 heterocycles. The maximum absolute atomic E-state index is 13.5. The molecule has 1 aliphatic heterocycles. The Morgan fingerprint density at radius 2 is 1.93 bits per heavy atom. The number of carbonyl (C=O) groups excluding carboxylic acids is 2. The van der Waals surface area contributed by atoms with Crippen molar-refractivity contribution in [3.05, 3.63) is 78.0 Å². The molecule has 0 saturated carbocycles. The van der Waals surface area contributed by atoms with Crippen LogP contribution in [0.5, 0.6) is 5.75 Å². The minimum absolute atomic E-state index is 0.0765. The van der Waals surface area contributed by atoms with E-state index in [1.807, 2.05) is 25.1 Å². The number of nitrogens with zero attached hydrogens (tertiary/aromatic N) is 3. The maximum atomic E-state index is 13.5. The predicted octanol–water partition coefficient (Wildman–Crippen LogP) is 4.39. The van der Waals surface area contributed by atoms with Crippen LogP contribution in [0.2, 0.25) is 0 Å². The molecule has 9 nitrogen and oxygen atoms in total. The van der Waals surface area contributed by atoms with Gasteiger partial charge in [0.15, 0.2) is 0 Å². The van der Waals surface area contributed by atoms with Crippen molar-refractivity contribution in [1.82, 2.24) is 14.8 Å². The maximum Gasteiger partial charge on any atom is 0.257 e. The molecule has 2 amide bonds. The van der Waals surface area contributed by atoms with Gasteiger partial charge >= 0.3 is 0 Å². The molecule has 41 heavy (non-hydrogen) atoms. The molecule has 0 fully saturated rings. The number of hydrogen-bond acceptors (Lipinski definition) is 7. The number of likely N-dealkylation sites (N-methyl/N-ethyl adjacent to an activating group) is 1. The lowest BCUT2D eigenvalue weighted by Crippen LogP contribution is -2.50. The quantitative estimate of drug-likeness (QED) is 0.442. The second-order valence-electron chi connectivity index (χ2n) is 10.7. The van der Waals surface area contributed by atoms with Gasteiger partial charge in [-0.05, 0) is 48.2 Å². The smallest absolute Gasteiger partial charge is 0.257 e. The van der Waals surface area contributed by atoms with Crippen LogP contribution in [0.4, 0.5) is 5.69 Å². The molecule has 0 bridgehead atoms. The van der Waals surface area contributed by atoms with Gasteiger partial charge in [0.25, 0.3) is 5.91 Å². The Kier molecular flexibility index (Phi) is 10.5. The van der Waals surface area contributed by atoms with Crippen molar-refractivity contribution in [1.29, 1.82) is 0 Å². The van der Waals surface area contributed by atoms with E-state index < -0.39 is 6.17 Å². The van der Waals surface area contributed by atoms with Crippen molar-refractivity contribution in [2.24, 2.45) is 11.7 Å². The molecule has 1 aromatic heterocycles. The van der Waals surface area contributed by atoms with Crippen LogP contribution in [-0.4, -0.2) is 72.7 Å². The van der Waals surface area contributed by atoms with Crippen LogP contribution in [0.15, 0.2) is 66.9 Å². The van der Waals surface area contributed by atoms with Gasteiger partial charge in [-0.15, -0.1) is 0 Å². The number of benzene rings is 2. The second-order valence-corrected chi connectivity index (χ2v) is 10.7. The Hall–Kier alpha value is -3.79. The summed E-state index contributed by atoms with van der Waals surface area (Å²) in [7, 11) is 3.43. The zero-order valence-corrected chi connectivity index (χ0v) is 24.4. The van der Waals surface area contributed by atoms with E-state index >= 15 is 0 Å². The standard InChI is InChI=1S/C32H41N5O4/c1-5-8-31(38)35-25-14-15-28-26(17-25)32(39)36(3)20-29(40-4)22(2)18-37(30(33)21-41-28)19-23-10-12-24(13-11-23)27-9-6-7-16-34-27/h6-7,9-17,22,29-30H,5,8,18-21,33H2,1-4H3,(H,35,38)/t22-,29-,30+/m0/s1. The lowest BCUT2D eigenvalue weighted by Gasteiger charge is -2.36. The third kappa shape index (κ3) is 7.91. The number of nitrogens with one attached hydrogen (secondary N) is 1. The van der Waals surface area contributed by atoms with E-state index in [0.29, 0.717) is 43.1 Å². The van der Waals surface area contributed by atoms with Gasteiger partial charge < -0.3 is 25.4 Å². The van der Waals surface area contributed by atoms with E-state index in [1.54, 1.807) is 43.5 Å². The summed E-state index contributed by atoms with van der Waals surface area (Å²) >= 11 is 0. The molecule has 0 spiro atoms. The molecule has 3 aromatic rings. The van der Waals surface area contributed by atoms with Gasteiger partial charge in [-0.2, -0.15) is 0 Å². The van der Waals surface area contributed by atoms with E-state index in [0.717, 1.165) is 23.2 Å². The third-order valence-corrected chi connectivity index (χ3v) is 7.41. The molecule has 3 atom stereocenters. The highest BCUT2D eigenvalue weighted by Crippen LogP contribution is 2.27. The van der Waals surface area contributed by atoms with E-state index in [9.17, 15) is 9.59 Å². The number of fused-ring (bicyclic) bond motifs is 1. The normalized spacial score (nSPS) is 20.4. The molecular weight excluding hydrogens is 518 g/mol. The summed E-state index contributed by atoms with van der Waals surface area (Å²) in [6.07, 6.45) is 2.29. The Labute approximate surface area is 242 Å². The first-order valence-electron chi connectivity index (χ1n) is 14.1. The Balaban J connectivity index is 1.58. The molecular formula is C32H41N5O4. The number of aromatic nitrogens is 1. The van der Waals surface area contributed by atoms with Gasteiger partial charge in [-0.3, -0.25) is 19.5 Å². The number of anilines is 1. The first kappa shape index (κ1) is 30.2. The van der Waals surface area contributed by atoms with E-state index in [4.69, 9.17) is 15.2 Å². The van der Waals surface area contributed by atoms with Crippen molar-refractivity contribution >= 4 is 17.5 Å². The van der Waals surface area contributed by atoms with Crippen LogP contribution in [0.1, 0.15) is 42.6 Å². The average Bonchev–Trinajstić information content (AvgIpc) is 2.98. The van der Waals surface area contributed by atoms with Gasteiger partial charge in [-0.1, -0.05) is 44.2 Å². The number of hydrogen-bond donors (Lipinski definition) is 2. The Bertz CT molecular complexity index is 1300. The van der Waals surface area contributed by atoms with Gasteiger partial charge in [0.2, 0.25) is 5.91 Å². The second kappa shape index (κ2) is 14.2. The van der Waals surface area contributed by atoms with Crippen molar-refractivity contribution in [2.75, 3.05) is 39.2 Å². The topological polar surface area (TPSA) is 110 Å². The lowest BCUT2D eigenvalue weighted by molar-refractivity contribution is -0.116. The fraction of sp³-hybridized carbons (Fsp3) is 0.406. The zero-order valence-electron chi connectivity index (χ0n) is 24.4. The monoisotopic (exact) mass is 559 g/mol. The van der Waals surface area contributed by atoms with Crippen molar-refractivity contribution in [2.45, 2.75) is 45.5 Å². The van der Waals surface area contributed by atoms with Crippen LogP contribution < -0.4 is 15.8 Å². The van der Waals surface area contributed by atoms with Crippen molar-refractivity contribution in [3.8, 4) is 17.0 Å². The molecule has 3 N–H and O–H groups in total. The van der Waals surface area contributed by atoms with Crippen LogP contribution in [0.25, 0.3) is 11.3 Å². The van der Waals surface area contributed by atoms with Gasteiger partial charge in [0.05, 0.1) is 23.5 Å². The molecule has 0 unspecified atom stereocenters. The first-order chi connectivity index (χ1) is 19.8. The summed E-state index contributed by atoms with van der Waals surface area (Å²) in [5.41, 5.74) is 10.7. The van der Waals surface area contributed by atoms with Gasteiger partial charge in [0.1, 0.15) is 12.4 Å². The molecule has 0 radical (unpaired) electrons. The molecule has 0 aliphatic carbocycles. The highest BCUT2D eigenvalue weighted by molar-refractivity contribution is 5.99. The van der Waals surface area contributed by atoms with Gasteiger partial charge in [-0.25, -0.2) is 0 Å². The minimum Gasteiger partial charge on any atom is -0.490 e. The Morgan fingerprint density at radius 1 is 1.15 bits per heavy atom. The summed E-state index contributed by atoms with van der Waals surface area (Å²) in [5, 5.41) is 2.87.